The zero-order valence-electron chi connectivity index (χ0n) is 16.9. The lowest BCUT2D eigenvalue weighted by atomic mass is 10.1. The molecular weight excluding hydrogens is 374 g/mol. The van der Waals surface area contributed by atoms with E-state index < -0.39 is 17.7 Å². The van der Waals surface area contributed by atoms with Crippen LogP contribution >= 0.6 is 11.8 Å². The summed E-state index contributed by atoms with van der Waals surface area (Å²) in [6.45, 7) is 7.47. The van der Waals surface area contributed by atoms with Gasteiger partial charge in [-0.2, -0.15) is 0 Å². The first-order valence-electron chi connectivity index (χ1n) is 9.18. The maximum Gasteiger partial charge on any atom is 0.412 e. The quantitative estimate of drug-likeness (QED) is 0.470. The fourth-order valence-electron chi connectivity index (χ4n) is 2.65. The van der Waals surface area contributed by atoms with Crippen LogP contribution in [-0.4, -0.2) is 24.8 Å². The van der Waals surface area contributed by atoms with E-state index in [1.807, 2.05) is 24.3 Å². The first-order valence-corrected chi connectivity index (χ1v) is 10.1. The minimum absolute atomic E-state index is 0.174. The Morgan fingerprint density at radius 1 is 1.07 bits per heavy atom. The zero-order chi connectivity index (χ0) is 20.7. The Labute approximate surface area is 170 Å². The van der Waals surface area contributed by atoms with Crippen LogP contribution in [0.2, 0.25) is 0 Å². The third kappa shape index (κ3) is 6.02. The van der Waals surface area contributed by atoms with Crippen LogP contribution in [0.3, 0.4) is 0 Å². The largest absolute Gasteiger partial charge is 0.465 e. The molecule has 0 heterocycles. The third-order valence-electron chi connectivity index (χ3n) is 3.87. The van der Waals surface area contributed by atoms with Gasteiger partial charge < -0.3 is 9.47 Å². The van der Waals surface area contributed by atoms with Crippen molar-refractivity contribution < 1.29 is 19.1 Å². The number of carbonyl (C=O) groups excluding carboxylic acids is 2. The number of hydrogen-bond donors (Lipinski definition) is 1. The molecule has 1 atom stereocenters. The minimum Gasteiger partial charge on any atom is -0.465 e. The van der Waals surface area contributed by atoms with Gasteiger partial charge in [-0.3, -0.25) is 5.32 Å². The van der Waals surface area contributed by atoms with Gasteiger partial charge >= 0.3 is 12.1 Å². The number of carbonyl (C=O) groups is 2. The number of hydrogen-bond acceptors (Lipinski definition) is 5. The molecule has 0 saturated carbocycles. The van der Waals surface area contributed by atoms with E-state index in [1.54, 1.807) is 44.7 Å². The fraction of sp³-hybridized carbons (Fsp3) is 0.364. The van der Waals surface area contributed by atoms with E-state index >= 15 is 0 Å². The van der Waals surface area contributed by atoms with E-state index in [1.165, 1.54) is 12.7 Å². The first kappa shape index (κ1) is 21.8. The van der Waals surface area contributed by atoms with Crippen molar-refractivity contribution >= 4 is 29.5 Å². The molecule has 5 nitrogen and oxygen atoms in total. The average molecular weight is 402 g/mol. The second-order valence-electron chi connectivity index (χ2n) is 7.22. The van der Waals surface area contributed by atoms with Crippen molar-refractivity contribution in [1.29, 1.82) is 0 Å². The fourth-order valence-corrected chi connectivity index (χ4v) is 3.85. The Balaban J connectivity index is 2.39. The molecule has 1 amide bonds. The average Bonchev–Trinajstić information content (AvgIpc) is 2.65. The van der Waals surface area contributed by atoms with E-state index in [0.717, 1.165) is 11.3 Å². The molecule has 2 aromatic rings. The molecule has 0 spiro atoms. The number of ether oxygens (including phenoxy) is 2. The highest BCUT2D eigenvalue weighted by molar-refractivity contribution is 7.99. The van der Waals surface area contributed by atoms with Gasteiger partial charge in [0.2, 0.25) is 0 Å². The van der Waals surface area contributed by atoms with Crippen molar-refractivity contribution in [1.82, 2.24) is 0 Å². The molecule has 0 radical (unpaired) electrons. The zero-order valence-corrected chi connectivity index (χ0v) is 17.8. The number of esters is 1. The molecule has 0 bridgehead atoms. The molecule has 2 aromatic carbocycles. The summed E-state index contributed by atoms with van der Waals surface area (Å²) in [6, 6.07) is 15.4. The Bertz CT molecular complexity index is 815. The summed E-state index contributed by atoms with van der Waals surface area (Å²) < 4.78 is 10.3. The SMILES string of the molecule is CC[C@@H](Sc1cccc(C(=O)OC)c1NC(=O)OC(C)(C)C)c1ccccc1. The molecule has 0 aliphatic heterocycles. The Morgan fingerprint density at radius 3 is 2.32 bits per heavy atom. The van der Waals surface area contributed by atoms with Crippen LogP contribution in [0, 0.1) is 0 Å². The summed E-state index contributed by atoms with van der Waals surface area (Å²) in [6.07, 6.45) is 0.279. The van der Waals surface area contributed by atoms with Crippen molar-refractivity contribution in [3.8, 4) is 0 Å². The molecule has 0 aliphatic rings. The summed E-state index contributed by atoms with van der Waals surface area (Å²) in [5, 5.41) is 2.92. The summed E-state index contributed by atoms with van der Waals surface area (Å²) >= 11 is 1.59. The van der Waals surface area contributed by atoms with Gasteiger partial charge in [-0.25, -0.2) is 9.59 Å². The van der Waals surface area contributed by atoms with E-state index in [2.05, 4.69) is 24.4 Å². The van der Waals surface area contributed by atoms with Crippen LogP contribution in [0.4, 0.5) is 10.5 Å². The lowest BCUT2D eigenvalue weighted by molar-refractivity contribution is 0.0601. The predicted octanol–water partition coefficient (Wildman–Crippen LogP) is 6.06. The van der Waals surface area contributed by atoms with Gasteiger partial charge in [-0.1, -0.05) is 43.3 Å². The minimum atomic E-state index is -0.645. The van der Waals surface area contributed by atoms with E-state index in [-0.39, 0.29) is 5.25 Å². The Hall–Kier alpha value is -2.47. The third-order valence-corrected chi connectivity index (χ3v) is 5.35. The Kier molecular flexibility index (Phi) is 7.52. The molecular formula is C22H27NO4S. The number of thioether (sulfide) groups is 1. The number of benzene rings is 2. The second-order valence-corrected chi connectivity index (χ2v) is 8.47. The van der Waals surface area contributed by atoms with Crippen molar-refractivity contribution in [2.45, 2.75) is 49.9 Å². The van der Waals surface area contributed by atoms with Gasteiger partial charge in [-0.15, -0.1) is 11.8 Å². The van der Waals surface area contributed by atoms with E-state index in [0.29, 0.717) is 11.3 Å². The number of amides is 1. The van der Waals surface area contributed by atoms with Gasteiger partial charge in [-0.05, 0) is 44.9 Å². The number of anilines is 1. The van der Waals surface area contributed by atoms with Crippen molar-refractivity contribution in [3.63, 3.8) is 0 Å². The molecule has 2 rings (SSSR count). The molecule has 0 aromatic heterocycles. The second kappa shape index (κ2) is 9.64. The van der Waals surface area contributed by atoms with Gasteiger partial charge in [0.05, 0.1) is 18.4 Å². The monoisotopic (exact) mass is 401 g/mol. The summed E-state index contributed by atoms with van der Waals surface area (Å²) in [5.74, 6) is -0.513. The first-order chi connectivity index (χ1) is 13.2. The molecule has 0 fully saturated rings. The maximum absolute atomic E-state index is 12.4. The van der Waals surface area contributed by atoms with Crippen LogP contribution in [0.15, 0.2) is 53.4 Å². The highest BCUT2D eigenvalue weighted by atomic mass is 32.2. The van der Waals surface area contributed by atoms with E-state index in [9.17, 15) is 9.59 Å². The molecule has 0 aliphatic carbocycles. The highest BCUT2D eigenvalue weighted by Crippen LogP contribution is 2.42. The topological polar surface area (TPSA) is 64.6 Å². The summed E-state index contributed by atoms with van der Waals surface area (Å²) in [7, 11) is 1.32. The van der Waals surface area contributed by atoms with Crippen LogP contribution in [0.25, 0.3) is 0 Å². The molecule has 28 heavy (non-hydrogen) atoms. The molecule has 1 N–H and O–H groups in total. The standard InChI is InChI=1S/C22H27NO4S/c1-6-17(15-11-8-7-9-12-15)28-18-14-10-13-16(20(24)26-5)19(18)23-21(25)27-22(2,3)4/h7-14,17H,6H2,1-5H3,(H,23,25)/t17-/m1/s1. The van der Waals surface area contributed by atoms with Crippen molar-refractivity contribution in [2.75, 3.05) is 12.4 Å². The molecule has 150 valence electrons. The van der Waals surface area contributed by atoms with Crippen molar-refractivity contribution in [2.24, 2.45) is 0 Å². The van der Waals surface area contributed by atoms with Gasteiger partial charge in [0.1, 0.15) is 5.60 Å². The molecule has 6 heteroatoms. The number of methoxy groups -OCH3 is 1. The normalized spacial score (nSPS) is 12.2. The van der Waals surface area contributed by atoms with Gasteiger partial charge in [0.15, 0.2) is 0 Å². The van der Waals surface area contributed by atoms with Gasteiger partial charge in [0.25, 0.3) is 0 Å². The molecule has 0 unspecified atom stereocenters. The molecule has 0 saturated heterocycles. The predicted molar refractivity (Wildman–Crippen MR) is 113 cm³/mol. The van der Waals surface area contributed by atoms with Crippen molar-refractivity contribution in [3.05, 3.63) is 59.7 Å². The van der Waals surface area contributed by atoms with Crippen LogP contribution in [-0.2, 0) is 9.47 Å². The highest BCUT2D eigenvalue weighted by Gasteiger charge is 2.23. The summed E-state index contributed by atoms with van der Waals surface area (Å²) in [5.41, 5.74) is 1.24. The number of rotatable bonds is 6. The Morgan fingerprint density at radius 2 is 1.75 bits per heavy atom. The van der Waals surface area contributed by atoms with Crippen LogP contribution in [0.5, 0.6) is 0 Å². The smallest absolute Gasteiger partial charge is 0.412 e. The number of nitrogens with one attached hydrogen (secondary N) is 1. The number of para-hydroxylation sites is 1. The maximum atomic E-state index is 12.4. The summed E-state index contributed by atoms with van der Waals surface area (Å²) in [4.78, 5) is 25.4. The van der Waals surface area contributed by atoms with Gasteiger partial charge in [0, 0.05) is 10.1 Å². The lowest BCUT2D eigenvalue weighted by Crippen LogP contribution is -2.28. The van der Waals surface area contributed by atoms with Crippen LogP contribution < -0.4 is 5.32 Å². The van der Waals surface area contributed by atoms with E-state index in [4.69, 9.17) is 9.47 Å². The van der Waals surface area contributed by atoms with Crippen LogP contribution in [0.1, 0.15) is 55.3 Å². The lowest BCUT2D eigenvalue weighted by Gasteiger charge is -2.22.